The van der Waals surface area contributed by atoms with Crippen molar-refractivity contribution in [3.05, 3.63) is 24.0 Å². The minimum absolute atomic E-state index is 0.485. The number of nitrogens with one attached hydrogen (secondary N) is 1. The zero-order valence-corrected chi connectivity index (χ0v) is 10.2. The van der Waals surface area contributed by atoms with Crippen LogP contribution in [0.25, 0.3) is 5.65 Å². The summed E-state index contributed by atoms with van der Waals surface area (Å²) in [4.78, 5) is 6.77. The van der Waals surface area contributed by atoms with Crippen molar-refractivity contribution >= 4 is 11.5 Å². The van der Waals surface area contributed by atoms with Crippen molar-refractivity contribution in [2.75, 3.05) is 24.5 Å². The third-order valence-corrected chi connectivity index (χ3v) is 3.35. The van der Waals surface area contributed by atoms with Gasteiger partial charge >= 0.3 is 0 Å². The summed E-state index contributed by atoms with van der Waals surface area (Å²) in [6, 6.07) is 2.53. The van der Waals surface area contributed by atoms with Crippen LogP contribution in [0.5, 0.6) is 0 Å². The number of anilines is 1. The first-order chi connectivity index (χ1) is 8.27. The van der Waals surface area contributed by atoms with Crippen LogP contribution in [0, 0.1) is 6.92 Å². The van der Waals surface area contributed by atoms with Crippen LogP contribution in [-0.2, 0) is 0 Å². The molecule has 1 atom stereocenters. The first kappa shape index (κ1) is 10.5. The molecule has 0 aliphatic carbocycles. The number of aromatic nitrogens is 3. The van der Waals surface area contributed by atoms with Crippen molar-refractivity contribution in [3.63, 3.8) is 0 Å². The number of hydrogen-bond acceptors (Lipinski definition) is 4. The molecule has 2 aromatic rings. The van der Waals surface area contributed by atoms with E-state index in [-0.39, 0.29) is 0 Å². The van der Waals surface area contributed by atoms with Crippen LogP contribution in [-0.4, -0.2) is 40.3 Å². The summed E-state index contributed by atoms with van der Waals surface area (Å²) in [6.45, 7) is 7.33. The van der Waals surface area contributed by atoms with Gasteiger partial charge in [0.2, 0.25) is 0 Å². The molecule has 0 unspecified atom stereocenters. The molecular weight excluding hydrogens is 214 g/mol. The van der Waals surface area contributed by atoms with Crippen LogP contribution in [0.4, 0.5) is 5.82 Å². The highest BCUT2D eigenvalue weighted by atomic mass is 15.4. The zero-order valence-electron chi connectivity index (χ0n) is 10.2. The number of fused-ring (bicyclic) bond motifs is 1. The smallest absolute Gasteiger partial charge is 0.160 e. The standard InChI is InChI=1S/C12H17N5/c1-9-7-15-17-11(3-4-14-12(9)17)16-6-5-13-8-10(16)2/h3-4,7,10,13H,5-6,8H2,1-2H3/t10-/m0/s1. The zero-order chi connectivity index (χ0) is 11.8. The average molecular weight is 231 g/mol. The van der Waals surface area contributed by atoms with Crippen molar-refractivity contribution in [2.24, 2.45) is 0 Å². The maximum absolute atomic E-state index is 4.42. The van der Waals surface area contributed by atoms with E-state index in [0.717, 1.165) is 36.7 Å². The molecule has 0 amide bonds. The molecule has 0 spiro atoms. The Morgan fingerprint density at radius 1 is 1.47 bits per heavy atom. The Balaban J connectivity index is 2.10. The topological polar surface area (TPSA) is 45.5 Å². The van der Waals surface area contributed by atoms with Crippen molar-refractivity contribution in [2.45, 2.75) is 19.9 Å². The molecule has 5 heteroatoms. The van der Waals surface area contributed by atoms with E-state index in [0.29, 0.717) is 6.04 Å². The van der Waals surface area contributed by atoms with E-state index in [1.807, 2.05) is 29.9 Å². The molecule has 0 radical (unpaired) electrons. The van der Waals surface area contributed by atoms with Crippen LogP contribution in [0.3, 0.4) is 0 Å². The monoisotopic (exact) mass is 231 g/mol. The minimum Gasteiger partial charge on any atom is -0.351 e. The largest absolute Gasteiger partial charge is 0.351 e. The number of piperazine rings is 1. The Morgan fingerprint density at radius 3 is 3.18 bits per heavy atom. The van der Waals surface area contributed by atoms with E-state index in [4.69, 9.17) is 0 Å². The fraction of sp³-hybridized carbons (Fsp3) is 0.500. The molecule has 1 saturated heterocycles. The van der Waals surface area contributed by atoms with Gasteiger partial charge in [0.15, 0.2) is 5.65 Å². The van der Waals surface area contributed by atoms with Gasteiger partial charge in [0.25, 0.3) is 0 Å². The van der Waals surface area contributed by atoms with Crippen molar-refractivity contribution in [3.8, 4) is 0 Å². The molecule has 2 aromatic heterocycles. The van der Waals surface area contributed by atoms with E-state index < -0.39 is 0 Å². The Hall–Kier alpha value is -1.62. The number of aryl methyl sites for hydroxylation is 1. The highest BCUT2D eigenvalue weighted by molar-refractivity contribution is 5.53. The van der Waals surface area contributed by atoms with Crippen molar-refractivity contribution in [1.29, 1.82) is 0 Å². The number of nitrogens with zero attached hydrogens (tertiary/aromatic N) is 4. The van der Waals surface area contributed by atoms with E-state index in [9.17, 15) is 0 Å². The molecule has 5 nitrogen and oxygen atoms in total. The third kappa shape index (κ3) is 1.67. The highest BCUT2D eigenvalue weighted by Gasteiger charge is 2.20. The molecule has 0 aromatic carbocycles. The van der Waals surface area contributed by atoms with Crippen molar-refractivity contribution in [1.82, 2.24) is 19.9 Å². The van der Waals surface area contributed by atoms with Crippen LogP contribution >= 0.6 is 0 Å². The normalized spacial score (nSPS) is 21.1. The van der Waals surface area contributed by atoms with Gasteiger partial charge in [0.05, 0.1) is 6.20 Å². The maximum Gasteiger partial charge on any atom is 0.160 e. The SMILES string of the molecule is Cc1cnn2c(N3CCNC[C@@H]3C)ccnc12. The highest BCUT2D eigenvalue weighted by Crippen LogP contribution is 2.19. The third-order valence-electron chi connectivity index (χ3n) is 3.35. The second kappa shape index (κ2) is 4.00. The van der Waals surface area contributed by atoms with E-state index in [2.05, 4.69) is 27.2 Å². The lowest BCUT2D eigenvalue weighted by Gasteiger charge is -2.35. The summed E-state index contributed by atoms with van der Waals surface area (Å²) < 4.78 is 1.94. The predicted octanol–water partition coefficient (Wildman–Crippen LogP) is 0.836. The molecule has 17 heavy (non-hydrogen) atoms. The van der Waals surface area contributed by atoms with Gasteiger partial charge in [-0.25, -0.2) is 4.98 Å². The molecule has 1 N–H and O–H groups in total. The summed E-state index contributed by atoms with van der Waals surface area (Å²) in [5.74, 6) is 1.14. The Bertz CT molecular complexity index is 533. The van der Waals surface area contributed by atoms with Gasteiger partial charge in [0.1, 0.15) is 5.82 Å². The maximum atomic E-state index is 4.42. The Morgan fingerprint density at radius 2 is 2.35 bits per heavy atom. The Kier molecular flexibility index (Phi) is 2.48. The Labute approximate surface area is 100 Å². The van der Waals surface area contributed by atoms with E-state index in [1.54, 1.807) is 0 Å². The van der Waals surface area contributed by atoms with Crippen LogP contribution in [0.2, 0.25) is 0 Å². The molecule has 0 bridgehead atoms. The van der Waals surface area contributed by atoms with Gasteiger partial charge < -0.3 is 10.2 Å². The van der Waals surface area contributed by atoms with Gasteiger partial charge in [-0.3, -0.25) is 0 Å². The quantitative estimate of drug-likeness (QED) is 0.790. The van der Waals surface area contributed by atoms with Gasteiger partial charge in [-0.15, -0.1) is 0 Å². The second-order valence-electron chi connectivity index (χ2n) is 4.61. The van der Waals surface area contributed by atoms with Crippen LogP contribution in [0.1, 0.15) is 12.5 Å². The first-order valence-corrected chi connectivity index (χ1v) is 6.04. The van der Waals surface area contributed by atoms with Crippen molar-refractivity contribution < 1.29 is 0 Å². The summed E-state index contributed by atoms with van der Waals surface area (Å²) in [6.07, 6.45) is 3.74. The van der Waals surface area contributed by atoms with Gasteiger partial charge in [-0.05, 0) is 19.9 Å². The first-order valence-electron chi connectivity index (χ1n) is 6.04. The van der Waals surface area contributed by atoms with Crippen LogP contribution in [0.15, 0.2) is 18.5 Å². The molecular formula is C12H17N5. The molecule has 1 fully saturated rings. The molecule has 3 heterocycles. The fourth-order valence-electron chi connectivity index (χ4n) is 2.39. The summed E-state index contributed by atoms with van der Waals surface area (Å²) in [7, 11) is 0. The molecule has 0 saturated carbocycles. The van der Waals surface area contributed by atoms with Gasteiger partial charge in [0, 0.05) is 37.4 Å². The molecule has 1 aliphatic heterocycles. The molecule has 1 aliphatic rings. The molecule has 3 rings (SSSR count). The lowest BCUT2D eigenvalue weighted by atomic mass is 10.2. The predicted molar refractivity (Wildman–Crippen MR) is 67.4 cm³/mol. The fourth-order valence-corrected chi connectivity index (χ4v) is 2.39. The summed E-state index contributed by atoms with van der Waals surface area (Å²) in [5.41, 5.74) is 2.07. The number of hydrogen-bond donors (Lipinski definition) is 1. The van der Waals surface area contributed by atoms with E-state index >= 15 is 0 Å². The average Bonchev–Trinajstić information content (AvgIpc) is 2.72. The number of rotatable bonds is 1. The molecule has 90 valence electrons. The summed E-state index contributed by atoms with van der Waals surface area (Å²) in [5, 5.41) is 7.82. The minimum atomic E-state index is 0.485. The van der Waals surface area contributed by atoms with Gasteiger partial charge in [-0.2, -0.15) is 9.61 Å². The van der Waals surface area contributed by atoms with Crippen LogP contribution < -0.4 is 10.2 Å². The van der Waals surface area contributed by atoms with E-state index in [1.165, 1.54) is 0 Å². The van der Waals surface area contributed by atoms with Gasteiger partial charge in [-0.1, -0.05) is 0 Å². The lowest BCUT2D eigenvalue weighted by molar-refractivity contribution is 0.493. The second-order valence-corrected chi connectivity index (χ2v) is 4.61. The summed E-state index contributed by atoms with van der Waals surface area (Å²) >= 11 is 0. The lowest BCUT2D eigenvalue weighted by Crippen LogP contribution is -2.50.